The van der Waals surface area contributed by atoms with E-state index in [0.717, 1.165) is 27.6 Å². The Bertz CT molecular complexity index is 973. The molecule has 1 aromatic heterocycles. The van der Waals surface area contributed by atoms with Crippen LogP contribution < -0.4 is 0 Å². The van der Waals surface area contributed by atoms with E-state index in [9.17, 15) is 9.18 Å². The first-order chi connectivity index (χ1) is 12.8. The monoisotopic (exact) mass is 385 g/mol. The fourth-order valence-corrected chi connectivity index (χ4v) is 3.12. The highest BCUT2D eigenvalue weighted by molar-refractivity contribution is 6.30. The number of hydrogen-bond acceptors (Lipinski definition) is 2. The van der Waals surface area contributed by atoms with E-state index < -0.39 is 0 Å². The molecule has 27 heavy (non-hydrogen) atoms. The molecule has 2 amide bonds. The second-order valence-corrected chi connectivity index (χ2v) is 7.15. The Morgan fingerprint density at radius 2 is 1.78 bits per heavy atom. The van der Waals surface area contributed by atoms with Crippen molar-refractivity contribution in [2.45, 2.75) is 20.0 Å². The highest BCUT2D eigenvalue weighted by Gasteiger charge is 2.18. The van der Waals surface area contributed by atoms with Crippen LogP contribution in [0.2, 0.25) is 5.15 Å². The standard InChI is InChI=1S/C21H21ClFN3O/c1-14-4-9-19-16(10-14)11-17(20(22)24-19)13-26(21(27)25(2)3)12-15-5-7-18(23)8-6-15/h4-11H,12-13H2,1-3H3. The van der Waals surface area contributed by atoms with Crippen molar-refractivity contribution in [3.8, 4) is 0 Å². The number of aryl methyl sites for hydroxylation is 1. The zero-order valence-corrected chi connectivity index (χ0v) is 16.3. The maximum absolute atomic E-state index is 13.2. The summed E-state index contributed by atoms with van der Waals surface area (Å²) in [5.74, 6) is -0.304. The van der Waals surface area contributed by atoms with Crippen LogP contribution in [0.15, 0.2) is 48.5 Å². The molecule has 0 N–H and O–H groups in total. The maximum Gasteiger partial charge on any atom is 0.320 e. The number of amides is 2. The fraction of sp³-hybridized carbons (Fsp3) is 0.238. The summed E-state index contributed by atoms with van der Waals surface area (Å²) in [6, 6.07) is 13.9. The summed E-state index contributed by atoms with van der Waals surface area (Å²) in [5.41, 5.74) is 3.56. The van der Waals surface area contributed by atoms with Gasteiger partial charge in [-0.15, -0.1) is 0 Å². The molecule has 6 heteroatoms. The first-order valence-electron chi connectivity index (χ1n) is 8.60. The average Bonchev–Trinajstić information content (AvgIpc) is 2.63. The Balaban J connectivity index is 1.93. The molecule has 0 radical (unpaired) electrons. The number of nitrogens with zero attached hydrogens (tertiary/aromatic N) is 3. The van der Waals surface area contributed by atoms with Crippen LogP contribution in [0.1, 0.15) is 16.7 Å². The topological polar surface area (TPSA) is 36.4 Å². The van der Waals surface area contributed by atoms with E-state index in [1.165, 1.54) is 17.0 Å². The van der Waals surface area contributed by atoms with Crippen LogP contribution in [0.4, 0.5) is 9.18 Å². The second kappa shape index (κ2) is 7.92. The van der Waals surface area contributed by atoms with Gasteiger partial charge in [0.15, 0.2) is 0 Å². The van der Waals surface area contributed by atoms with Crippen molar-refractivity contribution in [3.63, 3.8) is 0 Å². The van der Waals surface area contributed by atoms with E-state index >= 15 is 0 Å². The lowest BCUT2D eigenvalue weighted by atomic mass is 10.1. The molecule has 140 valence electrons. The molecule has 0 aliphatic carbocycles. The smallest absolute Gasteiger partial charge is 0.320 e. The zero-order chi connectivity index (χ0) is 19.6. The molecule has 0 bridgehead atoms. The molecule has 0 aliphatic rings. The molecule has 3 aromatic rings. The van der Waals surface area contributed by atoms with Gasteiger partial charge in [-0.3, -0.25) is 0 Å². The van der Waals surface area contributed by atoms with Gasteiger partial charge in [0.1, 0.15) is 11.0 Å². The van der Waals surface area contributed by atoms with Gasteiger partial charge in [-0.25, -0.2) is 14.2 Å². The molecule has 0 aliphatic heterocycles. The first-order valence-corrected chi connectivity index (χ1v) is 8.98. The third kappa shape index (κ3) is 4.55. The Labute approximate surface area is 163 Å². The lowest BCUT2D eigenvalue weighted by molar-refractivity contribution is 0.165. The summed E-state index contributed by atoms with van der Waals surface area (Å²) in [5, 5.41) is 1.36. The van der Waals surface area contributed by atoms with E-state index in [4.69, 9.17) is 11.6 Å². The van der Waals surface area contributed by atoms with E-state index in [2.05, 4.69) is 4.98 Å². The molecule has 0 saturated carbocycles. The molecular formula is C21H21ClFN3O. The van der Waals surface area contributed by atoms with Gasteiger partial charge in [0, 0.05) is 31.6 Å². The summed E-state index contributed by atoms with van der Waals surface area (Å²) in [7, 11) is 3.40. The van der Waals surface area contributed by atoms with E-state index in [1.807, 2.05) is 31.2 Å². The number of urea groups is 1. The van der Waals surface area contributed by atoms with E-state index in [1.54, 1.807) is 31.1 Å². The van der Waals surface area contributed by atoms with Crippen molar-refractivity contribution in [2.24, 2.45) is 0 Å². The Hall–Kier alpha value is -2.66. The number of carbonyl (C=O) groups excluding carboxylic acids is 1. The third-order valence-corrected chi connectivity index (χ3v) is 4.62. The van der Waals surface area contributed by atoms with Crippen LogP contribution in [0, 0.1) is 12.7 Å². The highest BCUT2D eigenvalue weighted by atomic mass is 35.5. The summed E-state index contributed by atoms with van der Waals surface area (Å²) in [6.07, 6.45) is 0. The Kier molecular flexibility index (Phi) is 5.61. The first kappa shape index (κ1) is 19.1. The molecule has 0 atom stereocenters. The van der Waals surface area contributed by atoms with Gasteiger partial charge in [0.05, 0.1) is 12.1 Å². The van der Waals surface area contributed by atoms with Gasteiger partial charge in [-0.1, -0.05) is 35.4 Å². The molecule has 0 unspecified atom stereocenters. The van der Waals surface area contributed by atoms with Crippen molar-refractivity contribution in [2.75, 3.05) is 14.1 Å². The Morgan fingerprint density at radius 1 is 1.07 bits per heavy atom. The van der Waals surface area contributed by atoms with Crippen LogP contribution in [-0.2, 0) is 13.1 Å². The van der Waals surface area contributed by atoms with Gasteiger partial charge in [0.25, 0.3) is 0 Å². The summed E-state index contributed by atoms with van der Waals surface area (Å²) in [4.78, 5) is 20.3. The van der Waals surface area contributed by atoms with Crippen LogP contribution in [-0.4, -0.2) is 34.9 Å². The highest BCUT2D eigenvalue weighted by Crippen LogP contribution is 2.24. The van der Waals surface area contributed by atoms with Crippen molar-refractivity contribution in [1.29, 1.82) is 0 Å². The fourth-order valence-electron chi connectivity index (χ4n) is 2.92. The third-order valence-electron chi connectivity index (χ3n) is 4.30. The van der Waals surface area contributed by atoms with Gasteiger partial charge < -0.3 is 9.80 Å². The largest absolute Gasteiger partial charge is 0.331 e. The molecule has 0 spiro atoms. The quantitative estimate of drug-likeness (QED) is 0.591. The zero-order valence-electron chi connectivity index (χ0n) is 15.5. The van der Waals surface area contributed by atoms with Crippen molar-refractivity contribution in [3.05, 3.63) is 76.2 Å². The molecule has 4 nitrogen and oxygen atoms in total. The minimum absolute atomic E-state index is 0.153. The number of carbonyl (C=O) groups is 1. The molecule has 3 rings (SSSR count). The number of pyridine rings is 1. The second-order valence-electron chi connectivity index (χ2n) is 6.79. The number of halogens is 2. The summed E-state index contributed by atoms with van der Waals surface area (Å²) < 4.78 is 13.2. The van der Waals surface area contributed by atoms with E-state index in [0.29, 0.717) is 18.2 Å². The predicted molar refractivity (Wildman–Crippen MR) is 106 cm³/mol. The van der Waals surface area contributed by atoms with Crippen LogP contribution in [0.25, 0.3) is 10.9 Å². The van der Waals surface area contributed by atoms with E-state index in [-0.39, 0.29) is 11.8 Å². The lowest BCUT2D eigenvalue weighted by Gasteiger charge is -2.26. The predicted octanol–water partition coefficient (Wildman–Crippen LogP) is 5.02. The normalized spacial score (nSPS) is 10.9. The van der Waals surface area contributed by atoms with Gasteiger partial charge >= 0.3 is 6.03 Å². The van der Waals surface area contributed by atoms with Crippen LogP contribution in [0.5, 0.6) is 0 Å². The van der Waals surface area contributed by atoms with Crippen LogP contribution >= 0.6 is 11.6 Å². The molecule has 0 saturated heterocycles. The van der Waals surface area contributed by atoms with Crippen molar-refractivity contribution >= 4 is 28.5 Å². The SMILES string of the molecule is Cc1ccc2nc(Cl)c(CN(Cc3ccc(F)cc3)C(=O)N(C)C)cc2c1. The number of rotatable bonds is 4. The van der Waals surface area contributed by atoms with Crippen molar-refractivity contribution < 1.29 is 9.18 Å². The average molecular weight is 386 g/mol. The van der Waals surface area contributed by atoms with Gasteiger partial charge in [-0.05, 0) is 42.8 Å². The van der Waals surface area contributed by atoms with Crippen LogP contribution in [0.3, 0.4) is 0 Å². The number of fused-ring (bicyclic) bond motifs is 1. The minimum atomic E-state index is -0.304. The number of benzene rings is 2. The molecule has 0 fully saturated rings. The lowest BCUT2D eigenvalue weighted by Crippen LogP contribution is -2.38. The van der Waals surface area contributed by atoms with Gasteiger partial charge in [0.2, 0.25) is 0 Å². The Morgan fingerprint density at radius 3 is 2.44 bits per heavy atom. The molecule has 1 heterocycles. The minimum Gasteiger partial charge on any atom is -0.331 e. The summed E-state index contributed by atoms with van der Waals surface area (Å²) >= 11 is 6.38. The maximum atomic E-state index is 13.2. The molecule has 2 aromatic carbocycles. The summed E-state index contributed by atoms with van der Waals surface area (Å²) in [6.45, 7) is 2.67. The van der Waals surface area contributed by atoms with Gasteiger partial charge in [-0.2, -0.15) is 0 Å². The number of hydrogen-bond donors (Lipinski definition) is 0. The number of aromatic nitrogens is 1. The van der Waals surface area contributed by atoms with Crippen molar-refractivity contribution in [1.82, 2.24) is 14.8 Å². The molecular weight excluding hydrogens is 365 g/mol.